The molecule has 6 heteroatoms. The van der Waals surface area contributed by atoms with E-state index in [-0.39, 0.29) is 17.9 Å². The van der Waals surface area contributed by atoms with Gasteiger partial charge in [0.1, 0.15) is 5.75 Å². The summed E-state index contributed by atoms with van der Waals surface area (Å²) in [6.45, 7) is 1.80. The summed E-state index contributed by atoms with van der Waals surface area (Å²) < 4.78 is 5.63. The Morgan fingerprint density at radius 3 is 2.73 bits per heavy atom. The van der Waals surface area contributed by atoms with Crippen molar-refractivity contribution in [3.8, 4) is 5.75 Å². The lowest BCUT2D eigenvalue weighted by molar-refractivity contribution is 0.0921. The third kappa shape index (κ3) is 4.58. The molecule has 0 amide bonds. The number of benzene rings is 2. The normalized spacial score (nSPS) is 10.5. The molecule has 0 bridgehead atoms. The second-order valence-electron chi connectivity index (χ2n) is 5.91. The predicted octanol–water partition coefficient (Wildman–Crippen LogP) is 3.58. The monoisotopic (exact) mass is 368 g/mol. The summed E-state index contributed by atoms with van der Waals surface area (Å²) in [6.07, 6.45) is 0.554. The predicted molar refractivity (Wildman–Crippen MR) is 100 cm³/mol. The molecule has 0 aliphatic rings. The van der Waals surface area contributed by atoms with Crippen molar-refractivity contribution in [3.63, 3.8) is 0 Å². The van der Waals surface area contributed by atoms with Crippen LogP contribution in [0.1, 0.15) is 27.2 Å². The summed E-state index contributed by atoms with van der Waals surface area (Å²) in [5, 5.41) is 7.03. The number of halogens is 1. The van der Waals surface area contributed by atoms with Crippen LogP contribution >= 0.6 is 11.6 Å². The highest BCUT2D eigenvalue weighted by Gasteiger charge is 2.09. The fraction of sp³-hybridized carbons (Fsp3) is 0.150. The van der Waals surface area contributed by atoms with Gasteiger partial charge in [-0.2, -0.15) is 5.10 Å². The topological polar surface area (TPSA) is 72.1 Å². The molecule has 2 aromatic carbocycles. The second kappa shape index (κ2) is 7.97. The van der Waals surface area contributed by atoms with Crippen molar-refractivity contribution in [1.82, 2.24) is 10.2 Å². The molecule has 132 valence electrons. The van der Waals surface area contributed by atoms with Crippen LogP contribution in [-0.2, 0) is 6.42 Å². The number of aromatic nitrogens is 2. The largest absolute Gasteiger partial charge is 0.485 e. The van der Waals surface area contributed by atoms with E-state index < -0.39 is 0 Å². The van der Waals surface area contributed by atoms with Gasteiger partial charge in [0.15, 0.2) is 12.4 Å². The molecule has 0 radical (unpaired) electrons. The van der Waals surface area contributed by atoms with E-state index in [2.05, 4.69) is 10.2 Å². The minimum Gasteiger partial charge on any atom is -0.485 e. The van der Waals surface area contributed by atoms with E-state index in [0.717, 1.165) is 16.8 Å². The molecule has 3 aromatic rings. The van der Waals surface area contributed by atoms with Crippen LogP contribution in [0.25, 0.3) is 0 Å². The van der Waals surface area contributed by atoms with E-state index in [1.807, 2.05) is 25.1 Å². The number of carbonyl (C=O) groups excluding carboxylic acids is 1. The molecular formula is C20H17ClN2O3. The molecular weight excluding hydrogens is 352 g/mol. The molecule has 26 heavy (non-hydrogen) atoms. The average molecular weight is 369 g/mol. The lowest BCUT2D eigenvalue weighted by Crippen LogP contribution is -2.12. The summed E-state index contributed by atoms with van der Waals surface area (Å²) in [6, 6.07) is 15.7. The van der Waals surface area contributed by atoms with Gasteiger partial charge in [-0.3, -0.25) is 9.59 Å². The van der Waals surface area contributed by atoms with Gasteiger partial charge in [0, 0.05) is 23.1 Å². The third-order valence-corrected chi connectivity index (χ3v) is 4.29. The molecule has 1 heterocycles. The van der Waals surface area contributed by atoms with Crippen molar-refractivity contribution in [2.24, 2.45) is 0 Å². The lowest BCUT2D eigenvalue weighted by atomic mass is 10.1. The van der Waals surface area contributed by atoms with Crippen molar-refractivity contribution < 1.29 is 9.53 Å². The zero-order valence-electron chi connectivity index (χ0n) is 14.2. The molecule has 0 unspecified atom stereocenters. The fourth-order valence-corrected chi connectivity index (χ4v) is 2.59. The van der Waals surface area contributed by atoms with Crippen LogP contribution in [0.2, 0.25) is 5.02 Å². The molecule has 3 rings (SSSR count). The maximum Gasteiger partial charge on any atom is 0.264 e. The van der Waals surface area contributed by atoms with Gasteiger partial charge in [0.2, 0.25) is 0 Å². The number of Topliss-reactive ketones (excluding diaryl/α,β-unsaturated/α-hetero) is 1. The maximum atomic E-state index is 12.3. The van der Waals surface area contributed by atoms with Crippen LogP contribution in [0.4, 0.5) is 0 Å². The van der Waals surface area contributed by atoms with Crippen LogP contribution in [0, 0.1) is 6.92 Å². The number of hydrogen-bond donors (Lipinski definition) is 1. The van der Waals surface area contributed by atoms with E-state index in [0.29, 0.717) is 22.8 Å². The van der Waals surface area contributed by atoms with Gasteiger partial charge < -0.3 is 4.74 Å². The molecule has 0 atom stereocenters. The second-order valence-corrected chi connectivity index (χ2v) is 6.32. The van der Waals surface area contributed by atoms with Crippen LogP contribution in [0.3, 0.4) is 0 Å². The molecule has 0 aliphatic carbocycles. The number of hydrogen-bond acceptors (Lipinski definition) is 4. The third-order valence-electron chi connectivity index (χ3n) is 3.87. The Bertz CT molecular complexity index is 978. The number of aromatic amines is 1. The standard InChI is InChI=1S/C20H17ClN2O3/c1-13-9-15(5-7-18(13)21)19(24)12-26-17-4-2-3-14(11-17)10-16-6-8-20(25)23-22-16/h2-9,11H,10,12H2,1H3,(H,23,25). The molecule has 0 aliphatic heterocycles. The minimum absolute atomic E-state index is 0.0541. The Morgan fingerprint density at radius 1 is 1.15 bits per heavy atom. The number of carbonyl (C=O) groups is 1. The highest BCUT2D eigenvalue weighted by molar-refractivity contribution is 6.31. The molecule has 0 spiro atoms. The van der Waals surface area contributed by atoms with Gasteiger partial charge in [0.05, 0.1) is 5.69 Å². The van der Waals surface area contributed by atoms with Crippen molar-refractivity contribution in [3.05, 3.63) is 92.4 Å². The van der Waals surface area contributed by atoms with Crippen molar-refractivity contribution in [2.45, 2.75) is 13.3 Å². The number of rotatable bonds is 6. The van der Waals surface area contributed by atoms with Gasteiger partial charge in [-0.15, -0.1) is 0 Å². The van der Waals surface area contributed by atoms with Gasteiger partial charge in [-0.25, -0.2) is 5.10 Å². The molecule has 5 nitrogen and oxygen atoms in total. The quantitative estimate of drug-likeness (QED) is 0.675. The number of H-pyrrole nitrogens is 1. The Kier molecular flexibility index (Phi) is 5.49. The summed E-state index contributed by atoms with van der Waals surface area (Å²) in [4.78, 5) is 23.3. The highest BCUT2D eigenvalue weighted by Crippen LogP contribution is 2.18. The Balaban J connectivity index is 1.64. The highest BCUT2D eigenvalue weighted by atomic mass is 35.5. The molecule has 1 aromatic heterocycles. The van der Waals surface area contributed by atoms with Crippen molar-refractivity contribution in [2.75, 3.05) is 6.61 Å². The summed E-state index contributed by atoms with van der Waals surface area (Å²) in [7, 11) is 0. The smallest absolute Gasteiger partial charge is 0.264 e. The van der Waals surface area contributed by atoms with E-state index in [1.54, 1.807) is 30.3 Å². The number of nitrogens with zero attached hydrogens (tertiary/aromatic N) is 1. The van der Waals surface area contributed by atoms with E-state index in [4.69, 9.17) is 16.3 Å². The van der Waals surface area contributed by atoms with E-state index in [9.17, 15) is 9.59 Å². The molecule has 0 saturated heterocycles. The average Bonchev–Trinajstić information content (AvgIpc) is 2.64. The lowest BCUT2D eigenvalue weighted by Gasteiger charge is -2.08. The Hall–Kier alpha value is -2.92. The number of ether oxygens (including phenoxy) is 1. The van der Waals surface area contributed by atoms with E-state index in [1.165, 1.54) is 6.07 Å². The number of ketones is 1. The van der Waals surface area contributed by atoms with Gasteiger partial charge in [-0.05, 0) is 54.4 Å². The van der Waals surface area contributed by atoms with Crippen molar-refractivity contribution >= 4 is 17.4 Å². The van der Waals surface area contributed by atoms with Crippen LogP contribution in [0.15, 0.2) is 59.4 Å². The van der Waals surface area contributed by atoms with Crippen molar-refractivity contribution in [1.29, 1.82) is 0 Å². The van der Waals surface area contributed by atoms with E-state index >= 15 is 0 Å². The number of aryl methyl sites for hydroxylation is 1. The first kappa shape index (κ1) is 17.9. The van der Waals surface area contributed by atoms with Crippen LogP contribution < -0.4 is 10.3 Å². The molecule has 1 N–H and O–H groups in total. The first-order valence-electron chi connectivity index (χ1n) is 8.07. The molecule has 0 fully saturated rings. The molecule has 0 saturated carbocycles. The summed E-state index contributed by atoms with van der Waals surface area (Å²) in [5.74, 6) is 0.489. The van der Waals surface area contributed by atoms with Crippen LogP contribution in [-0.4, -0.2) is 22.6 Å². The first-order valence-corrected chi connectivity index (χ1v) is 8.45. The number of nitrogens with one attached hydrogen (secondary N) is 1. The minimum atomic E-state index is -0.234. The SMILES string of the molecule is Cc1cc(C(=O)COc2cccc(Cc3ccc(=O)[nH]n3)c2)ccc1Cl. The summed E-state index contributed by atoms with van der Waals surface area (Å²) in [5.41, 5.74) is 2.90. The van der Waals surface area contributed by atoms with Gasteiger partial charge >= 0.3 is 0 Å². The zero-order chi connectivity index (χ0) is 18.5. The van der Waals surface area contributed by atoms with Gasteiger partial charge in [0.25, 0.3) is 5.56 Å². The Labute approximate surface area is 155 Å². The zero-order valence-corrected chi connectivity index (χ0v) is 14.9. The summed E-state index contributed by atoms with van der Waals surface area (Å²) >= 11 is 5.98. The van der Waals surface area contributed by atoms with Crippen LogP contribution in [0.5, 0.6) is 5.75 Å². The fourth-order valence-electron chi connectivity index (χ4n) is 2.48. The maximum absolute atomic E-state index is 12.3. The van der Waals surface area contributed by atoms with Gasteiger partial charge in [-0.1, -0.05) is 23.7 Å². The first-order chi connectivity index (χ1) is 12.5. The Morgan fingerprint density at radius 2 is 2.00 bits per heavy atom.